The Hall–Kier alpha value is -1.05. The first-order valence-electron chi connectivity index (χ1n) is 5.85. The van der Waals surface area contributed by atoms with E-state index in [1.54, 1.807) is 21.0 Å². The molecule has 2 rings (SSSR count). The second-order valence-corrected chi connectivity index (χ2v) is 5.16. The minimum atomic E-state index is -1.16. The number of hydrogen-bond donors (Lipinski definition) is 0. The van der Waals surface area contributed by atoms with Gasteiger partial charge in [0, 0.05) is 5.92 Å². The molecule has 0 amide bonds. The Morgan fingerprint density at radius 1 is 1.38 bits per heavy atom. The summed E-state index contributed by atoms with van der Waals surface area (Å²) in [5.41, 5.74) is -0.0950. The van der Waals surface area contributed by atoms with Crippen molar-refractivity contribution in [1.82, 2.24) is 0 Å². The average molecular weight is 222 g/mol. The monoisotopic (exact) mass is 222 g/mol. The highest BCUT2D eigenvalue weighted by Crippen LogP contribution is 2.49. The summed E-state index contributed by atoms with van der Waals surface area (Å²) in [7, 11) is 1.64. The third-order valence-electron chi connectivity index (χ3n) is 3.29. The lowest BCUT2D eigenvalue weighted by molar-refractivity contribution is 0.157. The van der Waals surface area contributed by atoms with Crippen molar-refractivity contribution in [1.29, 1.82) is 0 Å². The Bertz CT molecular complexity index is 363. The van der Waals surface area contributed by atoms with Crippen molar-refractivity contribution in [3.05, 3.63) is 29.8 Å². The third-order valence-corrected chi connectivity index (χ3v) is 3.29. The molecule has 1 atom stereocenters. The van der Waals surface area contributed by atoms with Gasteiger partial charge < -0.3 is 4.74 Å². The molecule has 0 aliphatic heterocycles. The fourth-order valence-electron chi connectivity index (χ4n) is 2.49. The van der Waals surface area contributed by atoms with Gasteiger partial charge in [-0.25, -0.2) is 4.39 Å². The van der Waals surface area contributed by atoms with Crippen molar-refractivity contribution in [3.8, 4) is 5.75 Å². The van der Waals surface area contributed by atoms with Crippen LogP contribution in [0.2, 0.25) is 0 Å². The van der Waals surface area contributed by atoms with Crippen molar-refractivity contribution >= 4 is 0 Å². The van der Waals surface area contributed by atoms with E-state index in [1.807, 2.05) is 24.3 Å². The molecular formula is C14H19FO. The van der Waals surface area contributed by atoms with Crippen molar-refractivity contribution in [3.63, 3.8) is 0 Å². The number of halogens is 1. The highest BCUT2D eigenvalue weighted by atomic mass is 19.1. The number of rotatable bonds is 4. The molecule has 0 bridgehead atoms. The van der Waals surface area contributed by atoms with Crippen LogP contribution in [0.5, 0.6) is 5.75 Å². The van der Waals surface area contributed by atoms with Crippen molar-refractivity contribution in [2.24, 2.45) is 5.92 Å². The molecule has 0 heterocycles. The van der Waals surface area contributed by atoms with Crippen LogP contribution in [-0.2, 0) is 0 Å². The topological polar surface area (TPSA) is 9.23 Å². The Kier molecular flexibility index (Phi) is 2.92. The first kappa shape index (κ1) is 11.4. The second kappa shape index (κ2) is 4.08. The number of methoxy groups -OCH3 is 1. The van der Waals surface area contributed by atoms with Gasteiger partial charge in [-0.05, 0) is 50.3 Å². The molecule has 0 spiro atoms. The van der Waals surface area contributed by atoms with E-state index in [0.717, 1.165) is 24.2 Å². The number of ether oxygens (including phenoxy) is 1. The van der Waals surface area contributed by atoms with Crippen LogP contribution in [0.4, 0.5) is 4.39 Å². The van der Waals surface area contributed by atoms with Gasteiger partial charge in [-0.2, -0.15) is 0 Å². The van der Waals surface area contributed by atoms with Gasteiger partial charge in [0.05, 0.1) is 7.11 Å². The lowest BCUT2D eigenvalue weighted by Crippen LogP contribution is -2.25. The number of benzene rings is 1. The minimum Gasteiger partial charge on any atom is -0.497 e. The lowest BCUT2D eigenvalue weighted by atomic mass is 9.82. The van der Waals surface area contributed by atoms with Crippen LogP contribution in [0, 0.1) is 5.92 Å². The molecule has 1 aliphatic carbocycles. The molecule has 1 unspecified atom stereocenters. The maximum Gasteiger partial charge on any atom is 0.119 e. The normalized spacial score (nSPS) is 18.2. The zero-order valence-electron chi connectivity index (χ0n) is 10.2. The summed E-state index contributed by atoms with van der Waals surface area (Å²) in [5, 5.41) is 0. The number of alkyl halides is 1. The SMILES string of the molecule is COc1cccc(C(C2CC2)C(C)(C)F)c1. The zero-order valence-corrected chi connectivity index (χ0v) is 10.2. The first-order chi connectivity index (χ1) is 7.52. The molecule has 1 nitrogen and oxygen atoms in total. The van der Waals surface area contributed by atoms with Gasteiger partial charge in [0.1, 0.15) is 11.4 Å². The van der Waals surface area contributed by atoms with Crippen LogP contribution in [0.1, 0.15) is 38.2 Å². The summed E-state index contributed by atoms with van der Waals surface area (Å²) in [6, 6.07) is 7.81. The van der Waals surface area contributed by atoms with E-state index in [1.165, 1.54) is 0 Å². The van der Waals surface area contributed by atoms with Gasteiger partial charge in [0.25, 0.3) is 0 Å². The summed E-state index contributed by atoms with van der Waals surface area (Å²) in [6.45, 7) is 3.35. The molecule has 0 radical (unpaired) electrons. The van der Waals surface area contributed by atoms with Crippen molar-refractivity contribution < 1.29 is 9.13 Å². The largest absolute Gasteiger partial charge is 0.497 e. The summed E-state index contributed by atoms with van der Waals surface area (Å²) in [6.07, 6.45) is 2.30. The maximum absolute atomic E-state index is 14.2. The molecule has 1 fully saturated rings. The van der Waals surface area contributed by atoms with Crippen LogP contribution < -0.4 is 4.74 Å². The number of hydrogen-bond acceptors (Lipinski definition) is 1. The van der Waals surface area contributed by atoms with Gasteiger partial charge in [-0.1, -0.05) is 12.1 Å². The lowest BCUT2D eigenvalue weighted by Gasteiger charge is -2.27. The molecule has 1 aliphatic rings. The predicted molar refractivity (Wildman–Crippen MR) is 63.6 cm³/mol. The summed E-state index contributed by atoms with van der Waals surface area (Å²) < 4.78 is 19.4. The van der Waals surface area contributed by atoms with Crippen LogP contribution in [0.3, 0.4) is 0 Å². The Morgan fingerprint density at radius 3 is 2.56 bits per heavy atom. The smallest absolute Gasteiger partial charge is 0.119 e. The Morgan fingerprint density at radius 2 is 2.06 bits per heavy atom. The van der Waals surface area contributed by atoms with Crippen molar-refractivity contribution in [2.75, 3.05) is 7.11 Å². The second-order valence-electron chi connectivity index (χ2n) is 5.16. The quantitative estimate of drug-likeness (QED) is 0.749. The molecule has 16 heavy (non-hydrogen) atoms. The van der Waals surface area contributed by atoms with Gasteiger partial charge in [-0.15, -0.1) is 0 Å². The van der Waals surface area contributed by atoms with Gasteiger partial charge in [0.15, 0.2) is 0 Å². The predicted octanol–water partition coefficient (Wildman–Crippen LogP) is 3.94. The maximum atomic E-state index is 14.2. The highest BCUT2D eigenvalue weighted by Gasteiger charge is 2.42. The molecule has 1 aromatic rings. The van der Waals surface area contributed by atoms with Crippen LogP contribution in [0.15, 0.2) is 24.3 Å². The van der Waals surface area contributed by atoms with E-state index in [4.69, 9.17) is 4.74 Å². The Labute approximate surface area is 96.6 Å². The van der Waals surface area contributed by atoms with Gasteiger partial charge >= 0.3 is 0 Å². The van der Waals surface area contributed by atoms with E-state index >= 15 is 0 Å². The van der Waals surface area contributed by atoms with E-state index in [-0.39, 0.29) is 5.92 Å². The Balaban J connectivity index is 2.31. The molecule has 88 valence electrons. The molecule has 0 N–H and O–H groups in total. The molecule has 0 aromatic heterocycles. The van der Waals surface area contributed by atoms with E-state index in [0.29, 0.717) is 5.92 Å². The van der Waals surface area contributed by atoms with Gasteiger partial charge in [0.2, 0.25) is 0 Å². The highest BCUT2D eigenvalue weighted by molar-refractivity contribution is 5.33. The van der Waals surface area contributed by atoms with E-state index < -0.39 is 5.67 Å². The molecule has 2 heteroatoms. The zero-order chi connectivity index (χ0) is 11.8. The fraction of sp³-hybridized carbons (Fsp3) is 0.571. The van der Waals surface area contributed by atoms with Crippen LogP contribution in [-0.4, -0.2) is 12.8 Å². The van der Waals surface area contributed by atoms with Crippen molar-refractivity contribution in [2.45, 2.75) is 38.3 Å². The van der Waals surface area contributed by atoms with Crippen LogP contribution >= 0.6 is 0 Å². The fourth-order valence-corrected chi connectivity index (χ4v) is 2.49. The summed E-state index contributed by atoms with van der Waals surface area (Å²) in [4.78, 5) is 0. The van der Waals surface area contributed by atoms with E-state index in [2.05, 4.69) is 0 Å². The molecule has 1 saturated carbocycles. The molecular weight excluding hydrogens is 203 g/mol. The average Bonchev–Trinajstić information content (AvgIpc) is 3.00. The molecule has 1 aromatic carbocycles. The van der Waals surface area contributed by atoms with Crippen LogP contribution in [0.25, 0.3) is 0 Å². The first-order valence-corrected chi connectivity index (χ1v) is 5.85. The van der Waals surface area contributed by atoms with E-state index in [9.17, 15) is 4.39 Å². The third kappa shape index (κ3) is 2.37. The minimum absolute atomic E-state index is 0.00241. The summed E-state index contributed by atoms with van der Waals surface area (Å²) in [5.74, 6) is 1.32. The summed E-state index contributed by atoms with van der Waals surface area (Å²) >= 11 is 0. The molecule has 0 saturated heterocycles. The standard InChI is InChI=1S/C14H19FO/c1-14(2,15)13(10-7-8-10)11-5-4-6-12(9-11)16-3/h4-6,9-10,13H,7-8H2,1-3H3. The van der Waals surface area contributed by atoms with Gasteiger partial charge in [-0.3, -0.25) is 0 Å².